The maximum Gasteiger partial charge on any atom is 3.00 e. The maximum atomic E-state index is 9.63. The maximum absolute atomic E-state index is 9.63. The molecule has 0 rings (SSSR count). The summed E-state index contributed by atoms with van der Waals surface area (Å²) in [6, 6.07) is 0. The van der Waals surface area contributed by atoms with Crippen LogP contribution in [0.2, 0.25) is 0 Å². The van der Waals surface area contributed by atoms with Gasteiger partial charge in [-0.05, 0) is 0 Å². The Hall–Kier alpha value is -1.68. The van der Waals surface area contributed by atoms with Crippen molar-refractivity contribution in [2.75, 3.05) is 0 Å². The Morgan fingerprint density at radius 1 is 0.344 bits per heavy atom. The zero-order chi connectivity index (χ0) is 24.9. The first-order valence-electron chi connectivity index (χ1n) is 6.73. The van der Waals surface area contributed by atoms with Crippen LogP contribution in [0.1, 0.15) is 0 Å². The minimum Gasteiger partial charge on any atom is -0.547 e. The van der Waals surface area contributed by atoms with Gasteiger partial charge in [0.05, 0.1) is 35.8 Å². The third-order valence-corrected chi connectivity index (χ3v) is 2.35. The van der Waals surface area contributed by atoms with E-state index in [1.54, 1.807) is 0 Å². The van der Waals surface area contributed by atoms with E-state index in [1.807, 2.05) is 0 Å². The normalized spacial score (nSPS) is 14.8. The summed E-state index contributed by atoms with van der Waals surface area (Å²) in [5, 5.41) is 107. The van der Waals surface area contributed by atoms with Crippen LogP contribution in [0.25, 0.3) is 0 Å². The van der Waals surface area contributed by atoms with Gasteiger partial charge >= 0.3 is 51.7 Å². The molecule has 4 unspecified atom stereocenters. The molecule has 0 amide bonds. The predicted molar refractivity (Wildman–Crippen MR) is 77.6 cm³/mol. The molecule has 0 saturated heterocycles. The Bertz CT molecular complexity index is 498. The summed E-state index contributed by atoms with van der Waals surface area (Å²) in [6.07, 6.45) is -14.6. The summed E-state index contributed by atoms with van der Waals surface area (Å²) >= 11 is 0. The average Bonchev–Trinajstić information content (AvgIpc) is 2.64. The number of carbonyl (C=O) groups is 6. The van der Waals surface area contributed by atoms with Crippen LogP contribution in [0.3, 0.4) is 0 Å². The summed E-state index contributed by atoms with van der Waals surface area (Å²) in [7, 11) is 0. The summed E-state index contributed by atoms with van der Waals surface area (Å²) in [5.41, 5.74) is 0. The smallest absolute Gasteiger partial charge is 0.547 e. The Morgan fingerprint density at radius 3 is 0.438 bits per heavy atom. The number of rotatable bonds is 9. The topological polar surface area (TPSA) is 362 Å². The van der Waals surface area contributed by atoms with Crippen LogP contribution in [0.5, 0.6) is 0 Å². The molecule has 174 valence electrons. The zero-order valence-electron chi connectivity index (χ0n) is 15.2. The Labute approximate surface area is 213 Å². The molecule has 0 aromatic heterocycles. The zero-order valence-corrected chi connectivity index (χ0v) is 21.8. The van der Waals surface area contributed by atoms with Crippen molar-refractivity contribution in [3.8, 4) is 0 Å². The van der Waals surface area contributed by atoms with Gasteiger partial charge in [0.25, 0.3) is 0 Å². The number of aliphatic hydroxyl groups excluding tert-OH is 6. The van der Waals surface area contributed by atoms with Gasteiger partial charge in [0.15, 0.2) is 0 Å². The van der Waals surface area contributed by atoms with E-state index in [-0.39, 0.29) is 51.7 Å². The summed E-state index contributed by atoms with van der Waals surface area (Å²) in [6.45, 7) is 0. The van der Waals surface area contributed by atoms with Gasteiger partial charge in [-0.3, -0.25) is 0 Å². The van der Waals surface area contributed by atoms with Crippen molar-refractivity contribution in [2.45, 2.75) is 36.6 Å². The van der Waals surface area contributed by atoms with Gasteiger partial charge in [-0.15, -0.1) is 0 Å². The number of aliphatic carboxylic acids is 6. The van der Waals surface area contributed by atoms with E-state index >= 15 is 0 Å². The monoisotopic (exact) mass is 674 g/mol. The van der Waals surface area contributed by atoms with Crippen molar-refractivity contribution < 1.29 is 90.0 Å². The van der Waals surface area contributed by atoms with E-state index in [0.717, 1.165) is 0 Å². The van der Waals surface area contributed by atoms with Gasteiger partial charge in [0.1, 0.15) is 36.6 Å². The number of carboxylic acids is 6. The van der Waals surface area contributed by atoms with Crippen molar-refractivity contribution in [3.63, 3.8) is 0 Å². The second-order valence-corrected chi connectivity index (χ2v) is 4.58. The van der Waals surface area contributed by atoms with Gasteiger partial charge in [0, 0.05) is 0 Å². The first-order valence-corrected chi connectivity index (χ1v) is 6.73. The molecule has 0 aromatic carbocycles. The fraction of sp³-hybridized carbons (Fsp3) is 0.500. The predicted octanol–water partition coefficient (Wildman–Crippen LogP) is -15.1. The molecule has 0 aliphatic carbocycles. The molecule has 0 radical (unpaired) electrons. The number of hydrogen-bond acceptors (Lipinski definition) is 18. The van der Waals surface area contributed by atoms with E-state index in [1.165, 1.54) is 0 Å². The minimum absolute atomic E-state index is 0. The average molecular weight is 674 g/mol. The number of carbonyl (C=O) groups excluding carboxylic acids is 6. The quantitative estimate of drug-likeness (QED) is 0.132. The largest absolute Gasteiger partial charge is 3.00 e. The van der Waals surface area contributed by atoms with E-state index < -0.39 is 72.4 Å². The van der Waals surface area contributed by atoms with Crippen molar-refractivity contribution >= 4 is 87.5 Å². The van der Waals surface area contributed by atoms with Crippen LogP contribution in [0.15, 0.2) is 0 Å². The molecule has 0 heterocycles. The molecule has 0 aromatic rings. The summed E-state index contributed by atoms with van der Waals surface area (Å²) in [5.74, 6) is -12.4. The van der Waals surface area contributed by atoms with Crippen molar-refractivity contribution in [2.24, 2.45) is 0 Å². The first-order chi connectivity index (χ1) is 13.4. The van der Waals surface area contributed by atoms with Crippen molar-refractivity contribution in [1.29, 1.82) is 0 Å². The van der Waals surface area contributed by atoms with Crippen molar-refractivity contribution in [3.05, 3.63) is 0 Å². The van der Waals surface area contributed by atoms with Crippen LogP contribution < -0.4 is 30.6 Å². The van der Waals surface area contributed by atoms with Gasteiger partial charge < -0.3 is 90.0 Å². The second-order valence-electron chi connectivity index (χ2n) is 4.58. The van der Waals surface area contributed by atoms with Gasteiger partial charge in [-0.2, -0.15) is 0 Å². The van der Waals surface area contributed by atoms with Crippen LogP contribution in [-0.4, -0.2) is 155 Å². The number of carboxylic acid groups (broad SMARTS) is 6. The Balaban J connectivity index is -0.000000110. The van der Waals surface area contributed by atoms with Gasteiger partial charge in [-0.1, -0.05) is 0 Å². The van der Waals surface area contributed by atoms with Crippen LogP contribution in [-0.2, 0) is 28.8 Å². The molecule has 6 N–H and O–H groups in total. The SMILES string of the molecule is O=C([O-])C(O)C(O)C(=O)[O-].O=C([O-])C(O)C(O)C(=O)[O-].O=C([O-])[C@H](O)[C@@H](O)C(=O)[O-].[In+3].[In+3]. The number of hydrogen-bond donors (Lipinski definition) is 6. The van der Waals surface area contributed by atoms with Crippen LogP contribution >= 0.6 is 0 Å². The standard InChI is InChI=1S/3C4H6O6.2In/c3*5-1(3(7)8)2(6)4(9)10;;/h3*1-2,5-6H,(H,7,8)(H,9,10);;/q;;;2*+3/p-6/t1-,2-;;;;/m1..../s1. The second kappa shape index (κ2) is 20.0. The molecular formula is C12H12In2O18. The molecule has 32 heavy (non-hydrogen) atoms. The minimum atomic E-state index is -2.44. The molecule has 0 aliphatic rings. The Kier molecular flexibility index (Phi) is 25.4. The molecule has 0 bridgehead atoms. The Morgan fingerprint density at radius 2 is 0.406 bits per heavy atom. The third-order valence-electron chi connectivity index (χ3n) is 2.35. The molecule has 0 fully saturated rings. The van der Waals surface area contributed by atoms with E-state index in [0.29, 0.717) is 0 Å². The van der Waals surface area contributed by atoms with Crippen LogP contribution in [0, 0.1) is 0 Å². The third kappa shape index (κ3) is 17.9. The van der Waals surface area contributed by atoms with Crippen LogP contribution in [0.4, 0.5) is 0 Å². The molecule has 0 spiro atoms. The molecule has 0 aliphatic heterocycles. The number of aliphatic hydroxyl groups is 6. The first kappa shape index (κ1) is 40.7. The van der Waals surface area contributed by atoms with E-state index in [2.05, 4.69) is 0 Å². The van der Waals surface area contributed by atoms with E-state index in [9.17, 15) is 59.4 Å². The van der Waals surface area contributed by atoms with Gasteiger partial charge in [0.2, 0.25) is 0 Å². The molecule has 6 atom stereocenters. The fourth-order valence-corrected chi connectivity index (χ4v) is 0.773. The molecule has 0 saturated carbocycles. The molecule has 18 nitrogen and oxygen atoms in total. The molecular weight excluding hydrogens is 662 g/mol. The van der Waals surface area contributed by atoms with Crippen molar-refractivity contribution in [1.82, 2.24) is 0 Å². The van der Waals surface area contributed by atoms with E-state index in [4.69, 9.17) is 30.6 Å². The molecule has 20 heteroatoms. The fourth-order valence-electron chi connectivity index (χ4n) is 0.773. The summed E-state index contributed by atoms with van der Waals surface area (Å²) < 4.78 is 0. The van der Waals surface area contributed by atoms with Gasteiger partial charge in [-0.25, -0.2) is 0 Å². The summed E-state index contributed by atoms with van der Waals surface area (Å²) in [4.78, 5) is 57.8.